The topological polar surface area (TPSA) is 46.2 Å². The van der Waals surface area contributed by atoms with E-state index in [1.54, 1.807) is 0 Å². The Morgan fingerprint density at radius 1 is 1.14 bits per heavy atom. The molecule has 1 saturated heterocycles. The Hall–Kier alpha value is -1.64. The monoisotopic (exact) mass is 285 g/mol. The van der Waals surface area contributed by atoms with Gasteiger partial charge in [0.25, 0.3) is 0 Å². The first-order valence-corrected chi connectivity index (χ1v) is 7.93. The van der Waals surface area contributed by atoms with E-state index in [9.17, 15) is 9.59 Å². The molecule has 1 saturated carbocycles. The second kappa shape index (κ2) is 5.28. The molecule has 3 nitrogen and oxygen atoms in total. The summed E-state index contributed by atoms with van der Waals surface area (Å²) in [7, 11) is 0. The second-order valence-corrected chi connectivity index (χ2v) is 6.81. The summed E-state index contributed by atoms with van der Waals surface area (Å²) in [5.74, 6) is 0.0135. The number of hydrogen-bond donors (Lipinski definition) is 1. The minimum Gasteiger partial charge on any atom is -0.296 e. The molecule has 3 heteroatoms. The lowest BCUT2D eigenvalue weighted by Gasteiger charge is -2.49. The molecule has 0 aromatic heterocycles. The van der Waals surface area contributed by atoms with E-state index in [-0.39, 0.29) is 23.1 Å². The average molecular weight is 285 g/mol. The summed E-state index contributed by atoms with van der Waals surface area (Å²) >= 11 is 0. The predicted molar refractivity (Wildman–Crippen MR) is 81.8 cm³/mol. The van der Waals surface area contributed by atoms with Crippen molar-refractivity contribution in [2.75, 3.05) is 0 Å². The minimum absolute atomic E-state index is 0.0999. The maximum Gasteiger partial charge on any atom is 0.234 e. The van der Waals surface area contributed by atoms with Crippen molar-refractivity contribution in [2.24, 2.45) is 11.3 Å². The van der Waals surface area contributed by atoms with Crippen molar-refractivity contribution in [1.82, 2.24) is 5.32 Å². The largest absolute Gasteiger partial charge is 0.296 e. The summed E-state index contributed by atoms with van der Waals surface area (Å²) in [6.07, 6.45) is 4.90. The molecule has 0 radical (unpaired) electrons. The van der Waals surface area contributed by atoms with Crippen molar-refractivity contribution in [2.45, 2.75) is 51.9 Å². The summed E-state index contributed by atoms with van der Waals surface area (Å²) in [4.78, 5) is 24.6. The molecule has 1 aliphatic carbocycles. The molecule has 112 valence electrons. The average Bonchev–Trinajstić information content (AvgIpc) is 2.43. The molecule has 3 unspecified atom stereocenters. The maximum absolute atomic E-state index is 12.6. The van der Waals surface area contributed by atoms with Gasteiger partial charge in [-0.05, 0) is 30.2 Å². The number of rotatable bonds is 1. The highest BCUT2D eigenvalue weighted by molar-refractivity contribution is 6.02. The van der Waals surface area contributed by atoms with E-state index in [0.717, 1.165) is 24.8 Å². The van der Waals surface area contributed by atoms with Gasteiger partial charge in [-0.2, -0.15) is 0 Å². The number of amides is 2. The highest BCUT2D eigenvalue weighted by Crippen LogP contribution is 2.54. The number of nitrogens with one attached hydrogen (secondary N) is 1. The molecule has 1 aromatic carbocycles. The van der Waals surface area contributed by atoms with Crippen molar-refractivity contribution in [3.05, 3.63) is 35.4 Å². The van der Waals surface area contributed by atoms with Crippen molar-refractivity contribution in [1.29, 1.82) is 0 Å². The zero-order valence-corrected chi connectivity index (χ0v) is 12.8. The molecular weight excluding hydrogens is 262 g/mol. The van der Waals surface area contributed by atoms with Crippen LogP contribution in [0.3, 0.4) is 0 Å². The van der Waals surface area contributed by atoms with E-state index >= 15 is 0 Å². The minimum atomic E-state index is -0.189. The molecular formula is C18H23NO2. The van der Waals surface area contributed by atoms with Crippen LogP contribution in [0.4, 0.5) is 0 Å². The highest BCUT2D eigenvalue weighted by Gasteiger charge is 2.52. The number of benzene rings is 1. The predicted octanol–water partition coefficient (Wildman–Crippen LogP) is 3.32. The Morgan fingerprint density at radius 3 is 2.52 bits per heavy atom. The summed E-state index contributed by atoms with van der Waals surface area (Å²) in [5, 5.41) is 2.56. The van der Waals surface area contributed by atoms with E-state index in [4.69, 9.17) is 0 Å². The van der Waals surface area contributed by atoms with Crippen LogP contribution in [0.5, 0.6) is 0 Å². The van der Waals surface area contributed by atoms with Crippen molar-refractivity contribution in [3.8, 4) is 0 Å². The molecule has 2 fully saturated rings. The Balaban J connectivity index is 2.06. The number of imide groups is 1. The molecule has 1 spiro atoms. The van der Waals surface area contributed by atoms with Crippen molar-refractivity contribution >= 4 is 11.8 Å². The first-order valence-electron chi connectivity index (χ1n) is 7.93. The Labute approximate surface area is 126 Å². The third-order valence-electron chi connectivity index (χ3n) is 5.51. The molecule has 1 aromatic rings. The Kier molecular flexibility index (Phi) is 3.60. The SMILES string of the molecule is Cc1ccc(C2C(=O)NC(=O)CC23CCCCC3C)cc1. The lowest BCUT2D eigenvalue weighted by atomic mass is 9.55. The van der Waals surface area contributed by atoms with Gasteiger partial charge in [-0.3, -0.25) is 14.9 Å². The van der Waals surface area contributed by atoms with Crippen LogP contribution in [0.1, 0.15) is 56.1 Å². The summed E-state index contributed by atoms with van der Waals surface area (Å²) in [5.41, 5.74) is 2.06. The van der Waals surface area contributed by atoms with Gasteiger partial charge in [-0.1, -0.05) is 56.0 Å². The Morgan fingerprint density at radius 2 is 1.86 bits per heavy atom. The molecule has 21 heavy (non-hydrogen) atoms. The first-order chi connectivity index (χ1) is 10.0. The summed E-state index contributed by atoms with van der Waals surface area (Å²) in [6, 6.07) is 8.22. The van der Waals surface area contributed by atoms with E-state index in [1.807, 2.05) is 6.92 Å². The van der Waals surface area contributed by atoms with Gasteiger partial charge in [0, 0.05) is 6.42 Å². The van der Waals surface area contributed by atoms with Crippen LogP contribution in [0.15, 0.2) is 24.3 Å². The van der Waals surface area contributed by atoms with Gasteiger partial charge in [0.1, 0.15) is 0 Å². The van der Waals surface area contributed by atoms with E-state index in [0.29, 0.717) is 12.3 Å². The number of aryl methyl sites for hydroxylation is 1. The number of carbonyl (C=O) groups excluding carboxylic acids is 2. The van der Waals surface area contributed by atoms with Crippen LogP contribution >= 0.6 is 0 Å². The van der Waals surface area contributed by atoms with Gasteiger partial charge in [0.05, 0.1) is 5.92 Å². The van der Waals surface area contributed by atoms with Gasteiger partial charge in [-0.15, -0.1) is 0 Å². The lowest BCUT2D eigenvalue weighted by Crippen LogP contribution is -2.54. The van der Waals surface area contributed by atoms with E-state index in [1.165, 1.54) is 12.0 Å². The van der Waals surface area contributed by atoms with Crippen molar-refractivity contribution < 1.29 is 9.59 Å². The van der Waals surface area contributed by atoms with E-state index < -0.39 is 0 Å². The summed E-state index contributed by atoms with van der Waals surface area (Å²) in [6.45, 7) is 4.26. The third-order valence-corrected chi connectivity index (χ3v) is 5.51. The normalized spacial score (nSPS) is 33.0. The van der Waals surface area contributed by atoms with Crippen molar-refractivity contribution in [3.63, 3.8) is 0 Å². The smallest absolute Gasteiger partial charge is 0.234 e. The van der Waals surface area contributed by atoms with Gasteiger partial charge in [0.2, 0.25) is 11.8 Å². The molecule has 1 heterocycles. The Bertz CT molecular complexity index is 563. The first kappa shape index (κ1) is 14.3. The number of piperidine rings is 1. The molecule has 3 rings (SSSR count). The van der Waals surface area contributed by atoms with Crippen LogP contribution < -0.4 is 5.32 Å². The molecule has 2 amide bonds. The fourth-order valence-electron chi connectivity index (χ4n) is 4.29. The second-order valence-electron chi connectivity index (χ2n) is 6.81. The van der Waals surface area contributed by atoms with Gasteiger partial charge >= 0.3 is 0 Å². The zero-order chi connectivity index (χ0) is 15.0. The van der Waals surface area contributed by atoms with Crippen LogP contribution in [0.2, 0.25) is 0 Å². The quantitative estimate of drug-likeness (QED) is 0.805. The molecule has 1 aliphatic heterocycles. The van der Waals surface area contributed by atoms with Crippen LogP contribution in [-0.4, -0.2) is 11.8 Å². The molecule has 1 N–H and O–H groups in total. The third kappa shape index (κ3) is 2.39. The highest BCUT2D eigenvalue weighted by atomic mass is 16.2. The summed E-state index contributed by atoms with van der Waals surface area (Å²) < 4.78 is 0. The number of hydrogen-bond acceptors (Lipinski definition) is 2. The van der Waals surface area contributed by atoms with Gasteiger partial charge in [-0.25, -0.2) is 0 Å². The van der Waals surface area contributed by atoms with Gasteiger partial charge in [0.15, 0.2) is 0 Å². The van der Waals surface area contributed by atoms with Crippen LogP contribution in [0.25, 0.3) is 0 Å². The van der Waals surface area contributed by atoms with Crippen LogP contribution in [-0.2, 0) is 9.59 Å². The standard InChI is InChI=1S/C18H23NO2/c1-12-6-8-14(9-7-12)16-17(21)19-15(20)11-18(16)10-4-3-5-13(18)2/h6-9,13,16H,3-5,10-11H2,1-2H3,(H,19,20,21). The lowest BCUT2D eigenvalue weighted by molar-refractivity contribution is -0.143. The fraction of sp³-hybridized carbons (Fsp3) is 0.556. The van der Waals surface area contributed by atoms with E-state index in [2.05, 4.69) is 36.5 Å². The molecule has 2 aliphatic rings. The number of carbonyl (C=O) groups is 2. The van der Waals surface area contributed by atoms with Crippen LogP contribution in [0, 0.1) is 18.3 Å². The molecule has 3 atom stereocenters. The van der Waals surface area contributed by atoms with Gasteiger partial charge < -0.3 is 0 Å². The zero-order valence-electron chi connectivity index (χ0n) is 12.8. The fourth-order valence-corrected chi connectivity index (χ4v) is 4.29. The molecule has 0 bridgehead atoms. The maximum atomic E-state index is 12.6.